The van der Waals surface area contributed by atoms with Crippen LogP contribution in [-0.2, 0) is 0 Å². The number of piperazine rings is 1. The molecular formula is C86H90N20O8. The minimum atomic E-state index is -0.138. The third-order valence-corrected chi connectivity index (χ3v) is 21.3. The first-order chi connectivity index (χ1) is 55.5. The van der Waals surface area contributed by atoms with Gasteiger partial charge >= 0.3 is 0 Å². The molecule has 0 saturated carbocycles. The number of nitrogens with zero attached hydrogens (tertiary/aromatic N) is 17. The molecule has 16 aromatic rings. The van der Waals surface area contributed by atoms with Crippen molar-refractivity contribution in [3.63, 3.8) is 0 Å². The van der Waals surface area contributed by atoms with E-state index in [-0.39, 0.29) is 35.7 Å². The van der Waals surface area contributed by atoms with Crippen LogP contribution in [0.5, 0.6) is 23.0 Å². The Morgan fingerprint density at radius 2 is 0.772 bits per heavy atom. The first kappa shape index (κ1) is 75.3. The molecule has 3 aliphatic heterocycles. The summed E-state index contributed by atoms with van der Waals surface area (Å²) in [6.07, 6.45) is 17.7. The molecule has 3 aliphatic rings. The van der Waals surface area contributed by atoms with Gasteiger partial charge in [0.15, 0.2) is 22.6 Å². The van der Waals surface area contributed by atoms with Crippen molar-refractivity contribution in [1.82, 2.24) is 97.9 Å². The van der Waals surface area contributed by atoms with E-state index in [0.717, 1.165) is 170 Å². The smallest absolute Gasteiger partial charge is 0.257 e. The standard InChI is InChI=1S/3C22H23N5O2.C20H21N5O2/c1-13-11-26(12-14(2)24-13)22(28)18-10-16-8-15-9-17(29-3)4-5-19(15)25-20(16)27-7-6-23-21(18)27;1-25-7-3-8-26(11-10-25)22(28)18-14-16-12-15-13-17(29-2)4-5-19(15)24-20(16)27-9-6-23-21(18)27;1-29-17-4-5-19-15(13-17)12-16-14-18(21-23-7-11-27(21)20(16)25-19)22(28)24-6-10-26-8-2-3-9-26;1-24(2)8-6-22-20(26)16-12-14-10-13-11-15(27-3)4-5-17(13)23-18(14)25-9-7-21-19(16)25/h4-10,13-14,24H,11-12H2,1-3H3;4-6,9,12-14H,3,7-8,10-11H2,1-2H3;4-5,7,11-14H,2-3,6,8-10H2,1H3,(H,24,28);4-5,7,9-12H,6,8H2,1-3H3,(H,22,26)/t13-,14+;;;. The fraction of sp³-hybridized carbons (Fsp3) is 0.302. The summed E-state index contributed by atoms with van der Waals surface area (Å²) in [5.74, 6) is 2.91. The monoisotopic (exact) mass is 1530 g/mol. The molecular weight excluding hydrogens is 1440 g/mol. The summed E-state index contributed by atoms with van der Waals surface area (Å²) < 4.78 is 28.9. The predicted molar refractivity (Wildman–Crippen MR) is 443 cm³/mol. The second-order valence-corrected chi connectivity index (χ2v) is 29.5. The lowest BCUT2D eigenvalue weighted by molar-refractivity contribution is 0.0674. The number of imidazole rings is 4. The number of nitrogens with one attached hydrogen (secondary N) is 3. The Kier molecular flexibility index (Phi) is 21.5. The maximum absolute atomic E-state index is 13.4. The number of aromatic nitrogens is 12. The third kappa shape index (κ3) is 15.4. The van der Waals surface area contributed by atoms with Crippen molar-refractivity contribution in [3.05, 3.63) is 193 Å². The third-order valence-electron chi connectivity index (χ3n) is 21.3. The van der Waals surface area contributed by atoms with Crippen molar-refractivity contribution in [2.75, 3.05) is 128 Å². The Labute approximate surface area is 656 Å². The Hall–Kier alpha value is -12.8. The van der Waals surface area contributed by atoms with E-state index in [1.165, 1.54) is 12.8 Å². The zero-order valence-electron chi connectivity index (χ0n) is 65.3. The van der Waals surface area contributed by atoms with Crippen LogP contribution >= 0.6 is 0 Å². The first-order valence-electron chi connectivity index (χ1n) is 38.4. The van der Waals surface area contributed by atoms with Crippen molar-refractivity contribution in [1.29, 1.82) is 0 Å². The van der Waals surface area contributed by atoms with Crippen LogP contribution in [0.15, 0.2) is 171 Å². The molecule has 0 bridgehead atoms. The molecule has 2 atom stereocenters. The lowest BCUT2D eigenvalue weighted by atomic mass is 10.1. The Bertz CT molecular complexity index is 6360. The molecule has 114 heavy (non-hydrogen) atoms. The molecule has 582 valence electrons. The summed E-state index contributed by atoms with van der Waals surface area (Å²) in [6.45, 7) is 14.1. The summed E-state index contributed by atoms with van der Waals surface area (Å²) in [5.41, 5.74) is 11.5. The van der Waals surface area contributed by atoms with Crippen LogP contribution in [0.2, 0.25) is 0 Å². The largest absolute Gasteiger partial charge is 0.497 e. The average molecular weight is 1530 g/mol. The molecule has 4 amide bonds. The molecule has 3 N–H and O–H groups in total. The fourth-order valence-electron chi connectivity index (χ4n) is 15.6. The number of fused-ring (bicyclic) bond motifs is 16. The Morgan fingerprint density at radius 3 is 1.15 bits per heavy atom. The molecule has 3 saturated heterocycles. The number of likely N-dealkylation sites (N-methyl/N-ethyl adjacent to an activating group) is 2. The lowest BCUT2D eigenvalue weighted by Gasteiger charge is -2.36. The number of rotatable bonds is 14. The van der Waals surface area contributed by atoms with E-state index in [0.29, 0.717) is 71.0 Å². The van der Waals surface area contributed by atoms with Gasteiger partial charge in [-0.3, -0.25) is 36.8 Å². The SMILES string of the molecule is COc1ccc2nc3c(cc(C(=O)N4CCCN(C)CC4)c4nccn43)cc2c1.COc1ccc2nc3c(cc(C(=O)N4C[C@@H](C)N[C@@H](C)C4)c4nccn43)cc2c1.COc1ccc2nc3c(cc(C(=O)NCCN(C)C)c4nccn43)cc2c1.COc1ccc2nc3c(cc(C(=O)NCCN4CCCC4)c4nccn43)cc2c1. The van der Waals surface area contributed by atoms with E-state index in [1.54, 1.807) is 53.2 Å². The summed E-state index contributed by atoms with van der Waals surface area (Å²) in [4.78, 5) is 99.9. The molecule has 15 heterocycles. The summed E-state index contributed by atoms with van der Waals surface area (Å²) in [6, 6.07) is 39.5. The number of benzene rings is 4. The number of likely N-dealkylation sites (tertiary alicyclic amines) is 1. The van der Waals surface area contributed by atoms with Gasteiger partial charge in [-0.25, -0.2) is 39.9 Å². The first-order valence-corrected chi connectivity index (χ1v) is 38.4. The molecule has 3 fully saturated rings. The van der Waals surface area contributed by atoms with E-state index >= 15 is 0 Å². The Balaban J connectivity index is 0.000000115. The van der Waals surface area contributed by atoms with Gasteiger partial charge in [-0.2, -0.15) is 0 Å². The van der Waals surface area contributed by atoms with Crippen molar-refractivity contribution in [3.8, 4) is 23.0 Å². The molecule has 0 aliphatic carbocycles. The van der Waals surface area contributed by atoms with Crippen LogP contribution in [-0.4, -0.2) is 246 Å². The van der Waals surface area contributed by atoms with E-state index in [1.807, 2.05) is 180 Å². The van der Waals surface area contributed by atoms with Gasteiger partial charge in [-0.05, 0) is 195 Å². The van der Waals surface area contributed by atoms with Gasteiger partial charge in [0.1, 0.15) is 45.6 Å². The maximum Gasteiger partial charge on any atom is 0.257 e. The normalized spacial score (nSPS) is 15.6. The van der Waals surface area contributed by atoms with Crippen LogP contribution in [0.4, 0.5) is 0 Å². The number of carbonyl (C=O) groups excluding carboxylic acids is 4. The fourth-order valence-corrected chi connectivity index (χ4v) is 15.6. The number of hydrogen-bond acceptors (Lipinski definition) is 20. The van der Waals surface area contributed by atoms with Crippen LogP contribution in [0.25, 0.3) is 110 Å². The lowest BCUT2D eigenvalue weighted by Crippen LogP contribution is -2.55. The van der Waals surface area contributed by atoms with Gasteiger partial charge < -0.3 is 59.4 Å². The van der Waals surface area contributed by atoms with Gasteiger partial charge in [0, 0.05) is 164 Å². The highest BCUT2D eigenvalue weighted by Crippen LogP contribution is 2.33. The number of pyridine rings is 8. The summed E-state index contributed by atoms with van der Waals surface area (Å²) >= 11 is 0. The van der Waals surface area contributed by atoms with Crippen molar-refractivity contribution in [2.45, 2.75) is 45.2 Å². The molecule has 19 rings (SSSR count). The van der Waals surface area contributed by atoms with Gasteiger partial charge in [0.05, 0.1) is 72.8 Å². The van der Waals surface area contributed by atoms with Crippen molar-refractivity contribution in [2.24, 2.45) is 0 Å². The van der Waals surface area contributed by atoms with Gasteiger partial charge in [-0.15, -0.1) is 0 Å². The molecule has 28 heteroatoms. The minimum Gasteiger partial charge on any atom is -0.497 e. The van der Waals surface area contributed by atoms with Gasteiger partial charge in [0.25, 0.3) is 23.6 Å². The minimum absolute atomic E-state index is 0.00837. The average Bonchev–Trinajstić information content (AvgIpc) is 0.942. The second-order valence-electron chi connectivity index (χ2n) is 29.5. The molecule has 0 radical (unpaired) electrons. The topological polar surface area (TPSA) is 278 Å². The molecule has 0 spiro atoms. The van der Waals surface area contributed by atoms with Crippen LogP contribution in [0.3, 0.4) is 0 Å². The number of ether oxygens (including phenoxy) is 4. The second kappa shape index (κ2) is 32.5. The molecule has 28 nitrogen and oxygen atoms in total. The molecule has 4 aromatic carbocycles. The summed E-state index contributed by atoms with van der Waals surface area (Å²) in [5, 5.41) is 16.9. The van der Waals surface area contributed by atoms with Crippen molar-refractivity contribution < 1.29 is 38.1 Å². The highest BCUT2D eigenvalue weighted by molar-refractivity contribution is 6.08. The number of amides is 4. The summed E-state index contributed by atoms with van der Waals surface area (Å²) in [7, 11) is 12.6. The maximum atomic E-state index is 13.4. The van der Waals surface area contributed by atoms with Crippen LogP contribution in [0, 0.1) is 0 Å². The zero-order valence-corrected chi connectivity index (χ0v) is 65.3. The number of hydrogen-bond donors (Lipinski definition) is 3. The molecule has 12 aromatic heterocycles. The van der Waals surface area contributed by atoms with E-state index < -0.39 is 0 Å². The Morgan fingerprint density at radius 1 is 0.412 bits per heavy atom. The van der Waals surface area contributed by atoms with Crippen LogP contribution < -0.4 is 34.9 Å². The van der Waals surface area contributed by atoms with E-state index in [2.05, 4.69) is 78.7 Å². The number of methoxy groups -OCH3 is 4. The quantitative estimate of drug-likeness (QED) is 0.0853. The van der Waals surface area contributed by atoms with Gasteiger partial charge in [-0.1, -0.05) is 0 Å². The van der Waals surface area contributed by atoms with Gasteiger partial charge in [0.2, 0.25) is 0 Å². The predicted octanol–water partition coefficient (Wildman–Crippen LogP) is 10.9. The van der Waals surface area contributed by atoms with Crippen LogP contribution in [0.1, 0.15) is 74.5 Å². The highest BCUT2D eigenvalue weighted by Gasteiger charge is 2.29. The van der Waals surface area contributed by atoms with E-state index in [4.69, 9.17) is 38.9 Å². The van der Waals surface area contributed by atoms with E-state index in [9.17, 15) is 19.2 Å². The highest BCUT2D eigenvalue weighted by atomic mass is 16.5. The number of carbonyl (C=O) groups is 4. The molecule has 0 unspecified atom stereocenters. The zero-order chi connectivity index (χ0) is 78.8. The van der Waals surface area contributed by atoms with Crippen molar-refractivity contribution >= 4 is 134 Å².